The number of hydrogen-bond acceptors (Lipinski definition) is 12. The van der Waals surface area contributed by atoms with Crippen LogP contribution in [0.25, 0.3) is 11.0 Å². The molecule has 0 aliphatic rings. The maximum atomic E-state index is 13.3. The molecule has 2 N–H and O–H groups in total. The highest BCUT2D eigenvalue weighted by atomic mass is 31.2. The monoisotopic (exact) mass is 606 g/mol. The van der Waals surface area contributed by atoms with E-state index in [1.807, 2.05) is 0 Å². The number of benzene rings is 2. The first-order valence-corrected chi connectivity index (χ1v) is 15.5. The van der Waals surface area contributed by atoms with Gasteiger partial charge in [-0.05, 0) is 47.8 Å². The highest BCUT2D eigenvalue weighted by Crippen LogP contribution is 2.49. The topological polar surface area (TPSA) is 202 Å². The number of nitrogens with zero attached hydrogens (tertiary/aromatic N) is 4. The molecule has 0 aliphatic carbocycles. The van der Waals surface area contributed by atoms with Crippen LogP contribution in [0.2, 0.25) is 0 Å². The van der Waals surface area contributed by atoms with Crippen molar-refractivity contribution in [1.29, 1.82) is 0 Å². The van der Waals surface area contributed by atoms with Crippen molar-refractivity contribution in [3.05, 3.63) is 56.6 Å². The van der Waals surface area contributed by atoms with Gasteiger partial charge < -0.3 is 15.2 Å². The first-order valence-electron chi connectivity index (χ1n) is 13.8. The maximum Gasteiger partial charge on any atom is 0.379 e. The molecule has 15 nitrogen and oxygen atoms in total. The molecule has 3 aromatic rings. The normalized spacial score (nSPS) is 12.5. The van der Waals surface area contributed by atoms with Gasteiger partial charge in [0.25, 0.3) is 5.69 Å². The summed E-state index contributed by atoms with van der Waals surface area (Å²) in [5, 5.41) is 35.2. The molecule has 42 heavy (non-hydrogen) atoms. The molecule has 1 unspecified atom stereocenters. The summed E-state index contributed by atoms with van der Waals surface area (Å²) in [4.78, 5) is 33.1. The number of nitrogens with one attached hydrogen (secondary N) is 2. The van der Waals surface area contributed by atoms with Gasteiger partial charge in [0.05, 0.1) is 28.3 Å². The van der Waals surface area contributed by atoms with Gasteiger partial charge in [0.1, 0.15) is 5.75 Å². The van der Waals surface area contributed by atoms with Crippen LogP contribution < -0.4 is 15.2 Å². The number of carbonyl (C=O) groups excluding carboxylic acids is 1. The van der Waals surface area contributed by atoms with Crippen LogP contribution in [0.4, 0.5) is 17.1 Å². The molecule has 1 atom stereocenters. The van der Waals surface area contributed by atoms with Gasteiger partial charge in [0.15, 0.2) is 5.52 Å². The second-order valence-corrected chi connectivity index (χ2v) is 11.6. The van der Waals surface area contributed by atoms with Crippen molar-refractivity contribution < 1.29 is 32.9 Å². The average Bonchev–Trinajstić information content (AvgIpc) is 3.46. The fourth-order valence-corrected chi connectivity index (χ4v) is 5.77. The van der Waals surface area contributed by atoms with Crippen LogP contribution in [-0.4, -0.2) is 51.9 Å². The van der Waals surface area contributed by atoms with Crippen LogP contribution in [0.15, 0.2) is 41.0 Å². The quantitative estimate of drug-likeness (QED) is 0.0658. The van der Waals surface area contributed by atoms with Crippen LogP contribution in [-0.2, 0) is 13.9 Å². The summed E-state index contributed by atoms with van der Waals surface area (Å²) in [6.07, 6.45) is 6.19. The Labute approximate surface area is 242 Å². The lowest BCUT2D eigenvalue weighted by molar-refractivity contribution is -0.384. The molecule has 3 rings (SSSR count). The molecule has 1 aromatic heterocycles. The first-order chi connectivity index (χ1) is 20.2. The molecular formula is C26H35N6O9P. The Morgan fingerprint density at radius 2 is 1.67 bits per heavy atom. The number of unbranched alkanes of at least 4 members (excludes halogenated alkanes) is 5. The molecule has 0 spiro atoms. The number of nitro groups is 2. The van der Waals surface area contributed by atoms with Crippen molar-refractivity contribution in [3.63, 3.8) is 0 Å². The summed E-state index contributed by atoms with van der Waals surface area (Å²) in [5.74, 6) is 0.0556. The molecule has 0 saturated heterocycles. The van der Waals surface area contributed by atoms with E-state index in [1.165, 1.54) is 30.3 Å². The van der Waals surface area contributed by atoms with Crippen LogP contribution >= 0.6 is 7.60 Å². The summed E-state index contributed by atoms with van der Waals surface area (Å²) in [6, 6.07) is 8.22. The van der Waals surface area contributed by atoms with Gasteiger partial charge in [-0.1, -0.05) is 32.6 Å². The fraction of sp³-hybridized carbons (Fsp3) is 0.500. The number of non-ortho nitro benzene ring substituents is 2. The Morgan fingerprint density at radius 3 is 2.38 bits per heavy atom. The van der Waals surface area contributed by atoms with Crippen LogP contribution in [0, 0.1) is 20.2 Å². The minimum absolute atomic E-state index is 0.00565. The van der Waals surface area contributed by atoms with Crippen molar-refractivity contribution in [2.75, 3.05) is 31.2 Å². The highest BCUT2D eigenvalue weighted by Gasteiger charge is 2.26. The largest absolute Gasteiger partial charge is 0.424 e. The minimum Gasteiger partial charge on any atom is -0.424 e. The maximum absolute atomic E-state index is 13.3. The van der Waals surface area contributed by atoms with E-state index in [1.54, 1.807) is 6.07 Å². The van der Waals surface area contributed by atoms with Gasteiger partial charge in [0.2, 0.25) is 11.4 Å². The van der Waals surface area contributed by atoms with Crippen LogP contribution in [0.5, 0.6) is 5.75 Å². The third kappa shape index (κ3) is 10.1. The van der Waals surface area contributed by atoms with Gasteiger partial charge in [-0.3, -0.25) is 29.5 Å². The smallest absolute Gasteiger partial charge is 0.379 e. The second-order valence-electron chi connectivity index (χ2n) is 9.51. The van der Waals surface area contributed by atoms with Crippen molar-refractivity contribution in [1.82, 2.24) is 15.6 Å². The Balaban J connectivity index is 1.35. The number of carbonyl (C=O) groups is 1. The molecule has 16 heteroatoms. The predicted molar refractivity (Wildman–Crippen MR) is 155 cm³/mol. The molecule has 0 aliphatic heterocycles. The van der Waals surface area contributed by atoms with Gasteiger partial charge in [0, 0.05) is 37.7 Å². The number of aromatic nitrogens is 2. The van der Waals surface area contributed by atoms with E-state index in [-0.39, 0.29) is 53.4 Å². The summed E-state index contributed by atoms with van der Waals surface area (Å²) < 4.78 is 29.3. The zero-order valence-electron chi connectivity index (χ0n) is 23.4. The van der Waals surface area contributed by atoms with Crippen molar-refractivity contribution in [3.8, 4) is 5.75 Å². The van der Waals surface area contributed by atoms with E-state index in [2.05, 4.69) is 32.5 Å². The second kappa shape index (κ2) is 16.4. The molecule has 228 valence electrons. The van der Waals surface area contributed by atoms with E-state index in [9.17, 15) is 29.6 Å². The lowest BCUT2D eigenvalue weighted by atomic mass is 10.1. The summed E-state index contributed by atoms with van der Waals surface area (Å²) in [6.45, 7) is 2.79. The third-order valence-electron chi connectivity index (χ3n) is 6.28. The number of nitro benzene ring substituents is 2. The fourth-order valence-electron chi connectivity index (χ4n) is 4.08. The highest BCUT2D eigenvalue weighted by molar-refractivity contribution is 7.54. The summed E-state index contributed by atoms with van der Waals surface area (Å²) in [5.41, 5.74) is 0.663. The number of fused-ring (bicyclic) bond motifs is 1. The number of amides is 1. The van der Waals surface area contributed by atoms with E-state index in [0.29, 0.717) is 31.5 Å². The molecule has 2 aromatic carbocycles. The predicted octanol–water partition coefficient (Wildman–Crippen LogP) is 6.00. The summed E-state index contributed by atoms with van der Waals surface area (Å²) in [7, 11) is -3.53. The molecule has 0 bridgehead atoms. The van der Waals surface area contributed by atoms with Crippen LogP contribution in [0.3, 0.4) is 0 Å². The van der Waals surface area contributed by atoms with Crippen molar-refractivity contribution >= 4 is 41.6 Å². The average molecular weight is 607 g/mol. The zero-order valence-corrected chi connectivity index (χ0v) is 24.3. The Hall–Kier alpha value is -4.10. The molecule has 0 fully saturated rings. The zero-order chi connectivity index (χ0) is 30.4. The van der Waals surface area contributed by atoms with Crippen molar-refractivity contribution in [2.45, 2.75) is 58.3 Å². The lowest BCUT2D eigenvalue weighted by Gasteiger charge is -2.19. The minimum atomic E-state index is -3.53. The van der Waals surface area contributed by atoms with Crippen LogP contribution in [0.1, 0.15) is 58.3 Å². The third-order valence-corrected chi connectivity index (χ3v) is 8.21. The van der Waals surface area contributed by atoms with E-state index < -0.39 is 17.4 Å². The molecule has 0 saturated carbocycles. The summed E-state index contributed by atoms with van der Waals surface area (Å²) >= 11 is 0. The van der Waals surface area contributed by atoms with Gasteiger partial charge >= 0.3 is 13.3 Å². The number of anilines is 1. The van der Waals surface area contributed by atoms with Crippen molar-refractivity contribution in [2.24, 2.45) is 0 Å². The lowest BCUT2D eigenvalue weighted by Crippen LogP contribution is -2.27. The number of hydrogen-bond donors (Lipinski definition) is 2. The van der Waals surface area contributed by atoms with Gasteiger partial charge in [-0.25, -0.2) is 9.19 Å². The number of rotatable bonds is 20. The molecule has 1 amide bonds. The molecule has 1 heterocycles. The van der Waals surface area contributed by atoms with Gasteiger partial charge in [-0.15, -0.1) is 0 Å². The van der Waals surface area contributed by atoms with Gasteiger partial charge in [-0.2, -0.15) is 0 Å². The molecule has 0 radical (unpaired) electrons. The SMILES string of the molecule is CCCCCCP(=O)(OCCNC(=O)CCCCCNc1ccc([N+](=O)[O-])c2nonc12)Oc1ccc([N+](=O)[O-])cc1. The van der Waals surface area contributed by atoms with E-state index in [0.717, 1.165) is 32.1 Å². The Kier molecular flexibility index (Phi) is 12.6. The molecular weight excluding hydrogens is 571 g/mol. The van der Waals surface area contributed by atoms with E-state index in [4.69, 9.17) is 9.05 Å². The Morgan fingerprint density at radius 1 is 0.929 bits per heavy atom. The standard InChI is InChI=1S/C26H35N6O9P/c1-2-3-4-8-19-42(38,40-21-12-10-20(11-13-21)31(34)35)39-18-17-28-24(33)9-6-5-7-16-27-22-14-15-23(32(36)37)26-25(22)29-41-30-26/h10-15,27H,2-9,16-19H2,1H3,(H,28,33). The van der Waals surface area contributed by atoms with E-state index >= 15 is 0 Å². The Bertz CT molecular complexity index is 1380. The first kappa shape index (κ1) is 32.4.